The van der Waals surface area contributed by atoms with Gasteiger partial charge in [0.25, 0.3) is 0 Å². The molecule has 0 saturated heterocycles. The minimum atomic E-state index is -0.385. The maximum Gasteiger partial charge on any atom is 0.148 e. The molecule has 0 bridgehead atoms. The number of hydrogen-bond donors (Lipinski definition) is 2. The molecule has 90 valence electrons. The van der Waals surface area contributed by atoms with Gasteiger partial charge < -0.3 is 15.6 Å². The monoisotopic (exact) mass is 234 g/mol. The highest BCUT2D eigenvalue weighted by Crippen LogP contribution is 2.15. The Kier molecular flexibility index (Phi) is 3.59. The number of benzene rings is 1. The lowest BCUT2D eigenvalue weighted by Gasteiger charge is -2.07. The number of aryl methyl sites for hydroxylation is 1. The highest BCUT2D eigenvalue weighted by Gasteiger charge is 1.99. The van der Waals surface area contributed by atoms with Crippen LogP contribution in [0.3, 0.4) is 0 Å². The van der Waals surface area contributed by atoms with Crippen LogP contribution in [0.25, 0.3) is 0 Å². The molecule has 0 unspecified atom stereocenters. The first-order valence-electron chi connectivity index (χ1n) is 5.50. The summed E-state index contributed by atoms with van der Waals surface area (Å²) in [4.78, 5) is 3.96. The first-order chi connectivity index (χ1) is 8.25. The zero-order chi connectivity index (χ0) is 12.1. The topological polar surface area (TPSA) is 55.9 Å². The Balaban J connectivity index is 1.76. The molecule has 17 heavy (non-hydrogen) atoms. The van der Waals surface area contributed by atoms with E-state index in [2.05, 4.69) is 10.3 Å². The molecule has 0 spiro atoms. The molecular formula is C12H15FN4. The molecule has 0 aliphatic rings. The zero-order valence-corrected chi connectivity index (χ0v) is 9.44. The van der Waals surface area contributed by atoms with Gasteiger partial charge in [-0.15, -0.1) is 0 Å². The first kappa shape index (κ1) is 11.4. The number of halogens is 1. The van der Waals surface area contributed by atoms with Crippen LogP contribution in [0.2, 0.25) is 0 Å². The normalized spacial score (nSPS) is 10.4. The van der Waals surface area contributed by atoms with Crippen LogP contribution in [0.1, 0.15) is 6.42 Å². The summed E-state index contributed by atoms with van der Waals surface area (Å²) >= 11 is 0. The molecule has 0 amide bonds. The summed E-state index contributed by atoms with van der Waals surface area (Å²) in [6, 6.07) is 4.75. The van der Waals surface area contributed by atoms with E-state index in [4.69, 9.17) is 5.73 Å². The molecule has 5 heteroatoms. The summed E-state index contributed by atoms with van der Waals surface area (Å²) in [6.07, 6.45) is 6.40. The fourth-order valence-corrected chi connectivity index (χ4v) is 1.55. The molecule has 3 N–H and O–H groups in total. The third-order valence-corrected chi connectivity index (χ3v) is 2.48. The Morgan fingerprint density at radius 3 is 3.00 bits per heavy atom. The molecule has 1 aromatic heterocycles. The summed E-state index contributed by atoms with van der Waals surface area (Å²) in [5.74, 6) is -0.385. The third-order valence-electron chi connectivity index (χ3n) is 2.48. The van der Waals surface area contributed by atoms with E-state index >= 15 is 0 Å². The Morgan fingerprint density at radius 1 is 1.41 bits per heavy atom. The second-order valence-corrected chi connectivity index (χ2v) is 3.82. The molecule has 0 aliphatic carbocycles. The van der Waals surface area contributed by atoms with Gasteiger partial charge in [-0.1, -0.05) is 0 Å². The SMILES string of the molecule is Nc1ccc(NCCCn2ccnc2)cc1F. The number of nitrogens with zero attached hydrogens (tertiary/aromatic N) is 2. The second kappa shape index (κ2) is 5.34. The van der Waals surface area contributed by atoms with Gasteiger partial charge in [0, 0.05) is 31.2 Å². The van der Waals surface area contributed by atoms with Gasteiger partial charge in [0.05, 0.1) is 12.0 Å². The molecule has 1 heterocycles. The van der Waals surface area contributed by atoms with E-state index < -0.39 is 0 Å². The number of rotatable bonds is 5. The molecule has 0 radical (unpaired) electrons. The number of aromatic nitrogens is 2. The van der Waals surface area contributed by atoms with E-state index in [1.807, 2.05) is 10.8 Å². The lowest BCUT2D eigenvalue weighted by Crippen LogP contribution is -2.06. The molecule has 4 nitrogen and oxygen atoms in total. The van der Waals surface area contributed by atoms with Crippen LogP contribution < -0.4 is 11.1 Å². The minimum Gasteiger partial charge on any atom is -0.396 e. The zero-order valence-electron chi connectivity index (χ0n) is 9.44. The van der Waals surface area contributed by atoms with Crippen LogP contribution in [-0.4, -0.2) is 16.1 Å². The van der Waals surface area contributed by atoms with Crippen molar-refractivity contribution in [1.29, 1.82) is 0 Å². The molecule has 2 aromatic rings. The van der Waals surface area contributed by atoms with Gasteiger partial charge in [-0.05, 0) is 24.6 Å². The van der Waals surface area contributed by atoms with Gasteiger partial charge in [0.15, 0.2) is 0 Å². The van der Waals surface area contributed by atoms with Crippen LogP contribution in [-0.2, 0) is 6.54 Å². The van der Waals surface area contributed by atoms with Crippen LogP contribution in [0.5, 0.6) is 0 Å². The van der Waals surface area contributed by atoms with E-state index in [-0.39, 0.29) is 11.5 Å². The van der Waals surface area contributed by atoms with Gasteiger partial charge in [0.1, 0.15) is 5.82 Å². The fraction of sp³-hybridized carbons (Fsp3) is 0.250. The molecule has 0 atom stereocenters. The van der Waals surface area contributed by atoms with Gasteiger partial charge in [-0.3, -0.25) is 0 Å². The number of nitrogens with two attached hydrogens (primary N) is 1. The Morgan fingerprint density at radius 2 is 2.29 bits per heavy atom. The second-order valence-electron chi connectivity index (χ2n) is 3.82. The Bertz CT molecular complexity index is 467. The van der Waals surface area contributed by atoms with E-state index in [0.717, 1.165) is 25.2 Å². The van der Waals surface area contributed by atoms with Crippen LogP contribution in [0.4, 0.5) is 15.8 Å². The third kappa shape index (κ3) is 3.21. The maximum absolute atomic E-state index is 13.1. The van der Waals surface area contributed by atoms with Crippen LogP contribution >= 0.6 is 0 Å². The van der Waals surface area contributed by atoms with Gasteiger partial charge in [0.2, 0.25) is 0 Å². The minimum absolute atomic E-state index is 0.175. The van der Waals surface area contributed by atoms with E-state index in [1.54, 1.807) is 24.7 Å². The van der Waals surface area contributed by atoms with Crippen molar-refractivity contribution in [3.05, 3.63) is 42.7 Å². The van der Waals surface area contributed by atoms with E-state index in [1.165, 1.54) is 6.07 Å². The van der Waals surface area contributed by atoms with E-state index in [9.17, 15) is 4.39 Å². The van der Waals surface area contributed by atoms with Crippen molar-refractivity contribution in [2.45, 2.75) is 13.0 Å². The van der Waals surface area contributed by atoms with E-state index in [0.29, 0.717) is 0 Å². The molecule has 2 rings (SSSR count). The average Bonchev–Trinajstić information content (AvgIpc) is 2.82. The summed E-state index contributed by atoms with van der Waals surface area (Å²) in [6.45, 7) is 1.67. The predicted octanol–water partition coefficient (Wildman–Crippen LogP) is 2.11. The highest BCUT2D eigenvalue weighted by molar-refractivity contribution is 5.52. The molecule has 0 fully saturated rings. The number of imidazole rings is 1. The Labute approximate surface area is 99.3 Å². The lowest BCUT2D eigenvalue weighted by molar-refractivity contribution is 0.632. The summed E-state index contributed by atoms with van der Waals surface area (Å²) in [5, 5.41) is 3.15. The van der Waals surface area contributed by atoms with Crippen molar-refractivity contribution in [3.63, 3.8) is 0 Å². The molecular weight excluding hydrogens is 219 g/mol. The predicted molar refractivity (Wildman–Crippen MR) is 66.1 cm³/mol. The summed E-state index contributed by atoms with van der Waals surface area (Å²) in [5.41, 5.74) is 6.32. The molecule has 0 saturated carbocycles. The lowest BCUT2D eigenvalue weighted by atomic mass is 10.2. The smallest absolute Gasteiger partial charge is 0.148 e. The highest BCUT2D eigenvalue weighted by atomic mass is 19.1. The fourth-order valence-electron chi connectivity index (χ4n) is 1.55. The van der Waals surface area contributed by atoms with Crippen LogP contribution in [0.15, 0.2) is 36.9 Å². The molecule has 1 aromatic carbocycles. The number of nitrogens with one attached hydrogen (secondary N) is 1. The van der Waals surface area contributed by atoms with Gasteiger partial charge in [-0.2, -0.15) is 0 Å². The van der Waals surface area contributed by atoms with Crippen molar-refractivity contribution >= 4 is 11.4 Å². The van der Waals surface area contributed by atoms with Gasteiger partial charge in [-0.25, -0.2) is 9.37 Å². The Hall–Kier alpha value is -2.04. The van der Waals surface area contributed by atoms with Crippen molar-refractivity contribution in [3.8, 4) is 0 Å². The largest absolute Gasteiger partial charge is 0.396 e. The van der Waals surface area contributed by atoms with Crippen molar-refractivity contribution in [1.82, 2.24) is 9.55 Å². The average molecular weight is 234 g/mol. The summed E-state index contributed by atoms with van der Waals surface area (Å²) in [7, 11) is 0. The standard InChI is InChI=1S/C12H15FN4/c13-11-8-10(2-3-12(11)14)16-4-1-6-17-7-5-15-9-17/h2-3,5,7-9,16H,1,4,6,14H2. The number of nitrogen functional groups attached to an aromatic ring is 1. The van der Waals surface area contributed by atoms with Crippen molar-refractivity contribution in [2.75, 3.05) is 17.6 Å². The van der Waals surface area contributed by atoms with Crippen molar-refractivity contribution in [2.24, 2.45) is 0 Å². The van der Waals surface area contributed by atoms with Crippen LogP contribution in [0, 0.1) is 5.82 Å². The van der Waals surface area contributed by atoms with Gasteiger partial charge >= 0.3 is 0 Å². The first-order valence-corrected chi connectivity index (χ1v) is 5.50. The number of anilines is 2. The number of hydrogen-bond acceptors (Lipinski definition) is 3. The van der Waals surface area contributed by atoms with Crippen molar-refractivity contribution < 1.29 is 4.39 Å². The maximum atomic E-state index is 13.1. The quantitative estimate of drug-likeness (QED) is 0.615. The summed E-state index contributed by atoms with van der Waals surface area (Å²) < 4.78 is 15.1. The molecule has 0 aliphatic heterocycles.